The van der Waals surface area contributed by atoms with Gasteiger partial charge in [0, 0.05) is 43.6 Å². The minimum absolute atomic E-state index is 0.0156. The van der Waals surface area contributed by atoms with Gasteiger partial charge in [-0.1, -0.05) is 156 Å². The van der Waals surface area contributed by atoms with E-state index in [1.54, 1.807) is 12.0 Å². The van der Waals surface area contributed by atoms with Gasteiger partial charge in [0.05, 0.1) is 13.7 Å². The van der Waals surface area contributed by atoms with E-state index in [1.165, 1.54) is 63.4 Å². The fourth-order valence-corrected chi connectivity index (χ4v) is 7.91. The predicted octanol–water partition coefficient (Wildman–Crippen LogP) is 11.0. The summed E-state index contributed by atoms with van der Waals surface area (Å²) >= 11 is 0. The Labute approximate surface area is 358 Å². The highest BCUT2D eigenvalue weighted by molar-refractivity contribution is 5.83. The zero-order valence-corrected chi connectivity index (χ0v) is 36.3. The second-order valence-corrected chi connectivity index (χ2v) is 16.1. The quantitative estimate of drug-likeness (QED) is 0.0581. The second kappa shape index (κ2) is 25.3. The third-order valence-electron chi connectivity index (χ3n) is 11.4. The molecule has 4 aromatic rings. The average molecular weight is 818 g/mol. The molecular weight excluding hydrogens is 751 g/mol. The first-order chi connectivity index (χ1) is 29.4. The number of alkyl carbamates (subject to hydrolysis) is 1. The molecule has 0 unspecified atom stereocenters. The Bertz CT molecular complexity index is 1880. The summed E-state index contributed by atoms with van der Waals surface area (Å²) in [6.45, 7) is 6.09. The Hall–Kier alpha value is -5.31. The SMILES string of the molecule is CCCCCCCCCCCCCCN(Cc1ccc(OCCCC(=O)NCc2ccc(C)cc2)cc1OC)C(=O)CNC(=O)OCC1c2ccccc2-c2ccccc21. The molecule has 2 N–H and O–H groups in total. The molecule has 0 spiro atoms. The number of carbonyl (C=O) groups is 3. The molecule has 0 bridgehead atoms. The van der Waals surface area contributed by atoms with Crippen molar-refractivity contribution in [3.05, 3.63) is 119 Å². The zero-order chi connectivity index (χ0) is 42.4. The van der Waals surface area contributed by atoms with Crippen LogP contribution in [-0.4, -0.2) is 56.2 Å². The van der Waals surface area contributed by atoms with E-state index in [1.807, 2.05) is 73.7 Å². The number of benzene rings is 4. The lowest BCUT2D eigenvalue weighted by molar-refractivity contribution is -0.131. The molecule has 0 aromatic heterocycles. The Kier molecular flexibility index (Phi) is 19.3. The number of amides is 3. The van der Waals surface area contributed by atoms with Gasteiger partial charge in [-0.15, -0.1) is 0 Å². The lowest BCUT2D eigenvalue weighted by Crippen LogP contribution is -2.40. The molecule has 4 aromatic carbocycles. The minimum atomic E-state index is -0.613. The summed E-state index contributed by atoms with van der Waals surface area (Å²) in [5, 5.41) is 5.70. The highest BCUT2D eigenvalue weighted by atomic mass is 16.5. The predicted molar refractivity (Wildman–Crippen MR) is 240 cm³/mol. The molecule has 0 saturated carbocycles. The lowest BCUT2D eigenvalue weighted by atomic mass is 9.98. The van der Waals surface area contributed by atoms with Crippen molar-refractivity contribution < 1.29 is 28.6 Å². The third-order valence-corrected chi connectivity index (χ3v) is 11.4. The van der Waals surface area contributed by atoms with Crippen molar-refractivity contribution in [2.75, 3.05) is 33.4 Å². The van der Waals surface area contributed by atoms with E-state index in [4.69, 9.17) is 14.2 Å². The Morgan fingerprint density at radius 2 is 1.32 bits per heavy atom. The van der Waals surface area contributed by atoms with Crippen LogP contribution in [0.2, 0.25) is 0 Å². The molecule has 1 aliphatic carbocycles. The summed E-state index contributed by atoms with van der Waals surface area (Å²) < 4.78 is 17.5. The van der Waals surface area contributed by atoms with Crippen LogP contribution in [0.4, 0.5) is 4.79 Å². The second-order valence-electron chi connectivity index (χ2n) is 16.1. The van der Waals surface area contributed by atoms with Crippen molar-refractivity contribution in [2.45, 2.75) is 123 Å². The highest BCUT2D eigenvalue weighted by Crippen LogP contribution is 2.44. The maximum atomic E-state index is 13.8. The number of nitrogens with zero attached hydrogens (tertiary/aromatic N) is 1. The van der Waals surface area contributed by atoms with E-state index in [-0.39, 0.29) is 30.9 Å². The first-order valence-corrected chi connectivity index (χ1v) is 22.3. The van der Waals surface area contributed by atoms with Crippen molar-refractivity contribution in [1.29, 1.82) is 0 Å². The molecule has 0 atom stereocenters. The Morgan fingerprint density at radius 3 is 1.95 bits per heavy atom. The summed E-state index contributed by atoms with van der Waals surface area (Å²) in [6, 6.07) is 30.2. The number of hydrogen-bond donors (Lipinski definition) is 2. The summed E-state index contributed by atoms with van der Waals surface area (Å²) in [6.07, 6.45) is 15.1. The van der Waals surface area contributed by atoms with Gasteiger partial charge in [0.25, 0.3) is 0 Å². The number of unbranched alkanes of at least 4 members (excludes halogenated alkanes) is 11. The summed E-state index contributed by atoms with van der Waals surface area (Å²) in [5.41, 5.74) is 7.70. The van der Waals surface area contributed by atoms with Crippen molar-refractivity contribution >= 4 is 17.9 Å². The average Bonchev–Trinajstić information content (AvgIpc) is 3.59. The number of ether oxygens (including phenoxy) is 3. The van der Waals surface area contributed by atoms with Crippen LogP contribution >= 0.6 is 0 Å². The molecule has 3 amide bonds. The molecule has 9 nitrogen and oxygen atoms in total. The van der Waals surface area contributed by atoms with E-state index in [9.17, 15) is 14.4 Å². The van der Waals surface area contributed by atoms with Gasteiger partial charge < -0.3 is 29.7 Å². The summed E-state index contributed by atoms with van der Waals surface area (Å²) in [7, 11) is 1.61. The zero-order valence-electron chi connectivity index (χ0n) is 36.3. The van der Waals surface area contributed by atoms with Crippen LogP contribution in [0.5, 0.6) is 11.5 Å². The smallest absolute Gasteiger partial charge is 0.407 e. The number of nitrogens with one attached hydrogen (secondary N) is 2. The van der Waals surface area contributed by atoms with Crippen LogP contribution in [0.25, 0.3) is 11.1 Å². The van der Waals surface area contributed by atoms with Gasteiger partial charge in [-0.25, -0.2) is 4.79 Å². The minimum Gasteiger partial charge on any atom is -0.496 e. The van der Waals surface area contributed by atoms with Crippen molar-refractivity contribution in [2.24, 2.45) is 0 Å². The van der Waals surface area contributed by atoms with Crippen molar-refractivity contribution in [1.82, 2.24) is 15.5 Å². The summed E-state index contributed by atoms with van der Waals surface area (Å²) in [5.74, 6) is 0.981. The molecule has 60 heavy (non-hydrogen) atoms. The molecule has 322 valence electrons. The molecule has 0 fully saturated rings. The fourth-order valence-electron chi connectivity index (χ4n) is 7.91. The molecule has 0 heterocycles. The molecule has 9 heteroatoms. The monoisotopic (exact) mass is 818 g/mol. The molecule has 0 saturated heterocycles. The van der Waals surface area contributed by atoms with Gasteiger partial charge in [0.1, 0.15) is 24.7 Å². The number of fused-ring (bicyclic) bond motifs is 3. The van der Waals surface area contributed by atoms with Crippen molar-refractivity contribution in [3.8, 4) is 22.6 Å². The molecular formula is C51H67N3O6. The molecule has 0 aliphatic heterocycles. The maximum Gasteiger partial charge on any atom is 0.407 e. The van der Waals surface area contributed by atoms with Crippen LogP contribution in [0.15, 0.2) is 91.0 Å². The molecule has 5 rings (SSSR count). The topological polar surface area (TPSA) is 106 Å². The van der Waals surface area contributed by atoms with Gasteiger partial charge in [-0.2, -0.15) is 0 Å². The highest BCUT2D eigenvalue weighted by Gasteiger charge is 2.29. The lowest BCUT2D eigenvalue weighted by Gasteiger charge is -2.24. The van der Waals surface area contributed by atoms with Crippen LogP contribution in [0.3, 0.4) is 0 Å². The van der Waals surface area contributed by atoms with Crippen LogP contribution in [-0.2, 0) is 27.4 Å². The Balaban J connectivity index is 1.10. The Morgan fingerprint density at radius 1 is 0.700 bits per heavy atom. The normalized spacial score (nSPS) is 11.7. The first kappa shape index (κ1) is 45.8. The standard InChI is InChI=1S/C51H67N3O6/c1-4-5-6-7-8-9-10-11-12-13-14-19-32-54(50(56)36-53-51(57)60-38-47-45-23-17-15-21-43(45)44-22-16-18-24-46(44)47)37-41-30-31-42(34-48(41)58-3)59-33-20-25-49(55)52-35-40-28-26-39(2)27-29-40/h15-18,21-24,26-31,34,47H,4-14,19-20,25,32-33,35-38H2,1-3H3,(H,52,55)(H,53,57). The van der Waals surface area contributed by atoms with Gasteiger partial charge >= 0.3 is 6.09 Å². The van der Waals surface area contributed by atoms with E-state index >= 15 is 0 Å². The molecule has 1 aliphatic rings. The fraction of sp³-hybridized carbons (Fsp3) is 0.471. The first-order valence-electron chi connectivity index (χ1n) is 22.3. The van der Waals surface area contributed by atoms with Gasteiger partial charge in [0.15, 0.2) is 0 Å². The van der Waals surface area contributed by atoms with Crippen LogP contribution in [0, 0.1) is 6.92 Å². The number of carbonyl (C=O) groups excluding carboxylic acids is 3. The van der Waals surface area contributed by atoms with Crippen LogP contribution in [0.1, 0.15) is 131 Å². The molecule has 0 radical (unpaired) electrons. The number of rotatable bonds is 27. The number of hydrogen-bond acceptors (Lipinski definition) is 6. The van der Waals surface area contributed by atoms with Crippen LogP contribution < -0.4 is 20.1 Å². The van der Waals surface area contributed by atoms with Gasteiger partial charge in [0.2, 0.25) is 11.8 Å². The number of methoxy groups -OCH3 is 1. The van der Waals surface area contributed by atoms with Gasteiger partial charge in [-0.3, -0.25) is 9.59 Å². The largest absolute Gasteiger partial charge is 0.496 e. The van der Waals surface area contributed by atoms with Gasteiger partial charge in [-0.05, 0) is 59.7 Å². The third kappa shape index (κ3) is 14.8. The van der Waals surface area contributed by atoms with E-state index in [0.717, 1.165) is 52.6 Å². The van der Waals surface area contributed by atoms with E-state index in [2.05, 4.69) is 41.8 Å². The van der Waals surface area contributed by atoms with Crippen molar-refractivity contribution in [3.63, 3.8) is 0 Å². The summed E-state index contributed by atoms with van der Waals surface area (Å²) in [4.78, 5) is 41.0. The van der Waals surface area contributed by atoms with E-state index in [0.29, 0.717) is 50.6 Å². The van der Waals surface area contributed by atoms with E-state index < -0.39 is 6.09 Å². The maximum absolute atomic E-state index is 13.8. The number of aryl methyl sites for hydroxylation is 1.